The largest absolute Gasteiger partial charge is 0.477 e. The van der Waals surface area contributed by atoms with Crippen molar-refractivity contribution in [3.8, 4) is 5.75 Å². The molecular weight excluding hydrogens is 393 g/mol. The van der Waals surface area contributed by atoms with E-state index < -0.39 is 4.92 Å². The molecule has 0 spiro atoms. The van der Waals surface area contributed by atoms with E-state index in [0.29, 0.717) is 31.2 Å². The third-order valence-corrected chi connectivity index (χ3v) is 4.74. The lowest BCUT2D eigenvalue weighted by molar-refractivity contribution is -0.385. The van der Waals surface area contributed by atoms with E-state index in [0.717, 1.165) is 5.69 Å². The van der Waals surface area contributed by atoms with Gasteiger partial charge in [0.05, 0.1) is 4.92 Å². The average molecular weight is 410 g/mol. The maximum Gasteiger partial charge on any atom is 0.312 e. The summed E-state index contributed by atoms with van der Waals surface area (Å²) in [5, 5.41) is 12.0. The molecule has 0 N–H and O–H groups in total. The van der Waals surface area contributed by atoms with E-state index in [2.05, 4.69) is 4.90 Å². The van der Waals surface area contributed by atoms with Crippen LogP contribution < -0.4 is 9.64 Å². The molecule has 0 aliphatic carbocycles. The minimum Gasteiger partial charge on any atom is -0.477 e. The standard InChI is InChI=1S/C18H17Cl2N3O4/c19-13-2-1-3-15(10-13)21-6-8-22(9-7-21)18(24)12-27-17-5-4-14(20)11-16(17)23(25)26/h1-5,10-11H,6-9,12H2. The number of piperazine rings is 1. The molecule has 1 amide bonds. The molecule has 2 aromatic carbocycles. The molecule has 1 aliphatic rings. The number of nitro benzene ring substituents is 1. The number of amides is 1. The number of anilines is 1. The first kappa shape index (κ1) is 19.3. The van der Waals surface area contributed by atoms with Crippen LogP contribution in [0.4, 0.5) is 11.4 Å². The molecule has 3 rings (SSSR count). The van der Waals surface area contributed by atoms with Crippen LogP contribution in [-0.2, 0) is 4.79 Å². The van der Waals surface area contributed by atoms with Crippen molar-refractivity contribution >= 4 is 40.5 Å². The second kappa shape index (κ2) is 8.45. The van der Waals surface area contributed by atoms with Gasteiger partial charge in [0, 0.05) is 48.0 Å². The highest BCUT2D eigenvalue weighted by Crippen LogP contribution is 2.30. The summed E-state index contributed by atoms with van der Waals surface area (Å²) in [4.78, 5) is 26.7. The Labute approximate surface area is 166 Å². The Bertz CT molecular complexity index is 854. The molecule has 27 heavy (non-hydrogen) atoms. The first-order valence-corrected chi connectivity index (χ1v) is 9.04. The number of carbonyl (C=O) groups excluding carboxylic acids is 1. The van der Waals surface area contributed by atoms with Crippen molar-refractivity contribution < 1.29 is 14.5 Å². The SMILES string of the molecule is O=C(COc1ccc(Cl)cc1[N+](=O)[O-])N1CCN(c2cccc(Cl)c2)CC1. The van der Waals surface area contributed by atoms with E-state index in [1.54, 1.807) is 4.90 Å². The van der Waals surface area contributed by atoms with Gasteiger partial charge in [-0.3, -0.25) is 14.9 Å². The molecule has 0 bridgehead atoms. The topological polar surface area (TPSA) is 75.9 Å². The first-order valence-electron chi connectivity index (χ1n) is 8.29. The smallest absolute Gasteiger partial charge is 0.312 e. The molecule has 1 saturated heterocycles. The Kier molecular flexibility index (Phi) is 6.03. The van der Waals surface area contributed by atoms with Crippen LogP contribution in [0.5, 0.6) is 5.75 Å². The van der Waals surface area contributed by atoms with Gasteiger partial charge in [0.25, 0.3) is 5.91 Å². The highest BCUT2D eigenvalue weighted by Gasteiger charge is 2.23. The summed E-state index contributed by atoms with van der Waals surface area (Å²) < 4.78 is 5.37. The van der Waals surface area contributed by atoms with Crippen LogP contribution in [0.3, 0.4) is 0 Å². The highest BCUT2D eigenvalue weighted by molar-refractivity contribution is 6.31. The minimum absolute atomic E-state index is 0.0234. The molecule has 1 aliphatic heterocycles. The predicted molar refractivity (Wildman–Crippen MR) is 104 cm³/mol. The number of halogens is 2. The van der Waals surface area contributed by atoms with Crippen LogP contribution in [-0.4, -0.2) is 48.5 Å². The lowest BCUT2D eigenvalue weighted by Gasteiger charge is -2.36. The normalized spacial score (nSPS) is 14.1. The third kappa shape index (κ3) is 4.81. The summed E-state index contributed by atoms with van der Waals surface area (Å²) in [5.41, 5.74) is 0.753. The number of hydrogen-bond acceptors (Lipinski definition) is 5. The van der Waals surface area contributed by atoms with Crippen LogP contribution in [0.15, 0.2) is 42.5 Å². The van der Waals surface area contributed by atoms with Crippen LogP contribution in [0.1, 0.15) is 0 Å². The molecular formula is C18H17Cl2N3O4. The second-order valence-electron chi connectivity index (χ2n) is 6.01. The molecule has 7 nitrogen and oxygen atoms in total. The zero-order chi connectivity index (χ0) is 19.4. The molecule has 0 atom stereocenters. The van der Waals surface area contributed by atoms with Crippen molar-refractivity contribution in [3.05, 3.63) is 62.6 Å². The Morgan fingerprint density at radius 2 is 1.78 bits per heavy atom. The van der Waals surface area contributed by atoms with E-state index in [9.17, 15) is 14.9 Å². The van der Waals surface area contributed by atoms with Gasteiger partial charge >= 0.3 is 5.69 Å². The Hall–Kier alpha value is -2.51. The Balaban J connectivity index is 1.55. The first-order chi connectivity index (χ1) is 12.9. The van der Waals surface area contributed by atoms with Crippen molar-refractivity contribution in [2.45, 2.75) is 0 Å². The third-order valence-electron chi connectivity index (χ3n) is 4.27. The zero-order valence-electron chi connectivity index (χ0n) is 14.3. The van der Waals surface area contributed by atoms with Gasteiger partial charge in [-0.25, -0.2) is 0 Å². The Morgan fingerprint density at radius 1 is 1.07 bits per heavy atom. The highest BCUT2D eigenvalue weighted by atomic mass is 35.5. The van der Waals surface area contributed by atoms with Crippen molar-refractivity contribution in [2.75, 3.05) is 37.7 Å². The molecule has 0 aromatic heterocycles. The van der Waals surface area contributed by atoms with Gasteiger partial charge in [-0.2, -0.15) is 0 Å². The van der Waals surface area contributed by atoms with Crippen LogP contribution in [0, 0.1) is 10.1 Å². The maximum atomic E-state index is 12.4. The number of hydrogen-bond donors (Lipinski definition) is 0. The molecule has 0 saturated carbocycles. The zero-order valence-corrected chi connectivity index (χ0v) is 15.8. The van der Waals surface area contributed by atoms with E-state index in [4.69, 9.17) is 27.9 Å². The van der Waals surface area contributed by atoms with Crippen molar-refractivity contribution in [1.29, 1.82) is 0 Å². The molecule has 9 heteroatoms. The predicted octanol–water partition coefficient (Wildman–Crippen LogP) is 3.63. The van der Waals surface area contributed by atoms with E-state index in [1.165, 1.54) is 18.2 Å². The number of rotatable bonds is 5. The van der Waals surface area contributed by atoms with Gasteiger partial charge in [-0.05, 0) is 30.3 Å². The fraction of sp³-hybridized carbons (Fsp3) is 0.278. The maximum absolute atomic E-state index is 12.4. The van der Waals surface area contributed by atoms with Gasteiger partial charge in [0.2, 0.25) is 0 Å². The number of nitrogens with zero attached hydrogens (tertiary/aromatic N) is 3. The quantitative estimate of drug-likeness (QED) is 0.556. The van der Waals surface area contributed by atoms with Crippen LogP contribution >= 0.6 is 23.2 Å². The second-order valence-corrected chi connectivity index (χ2v) is 6.88. The average Bonchev–Trinajstić information content (AvgIpc) is 2.66. The van der Waals surface area contributed by atoms with Crippen molar-refractivity contribution in [3.63, 3.8) is 0 Å². The molecule has 2 aromatic rings. The number of carbonyl (C=O) groups is 1. The monoisotopic (exact) mass is 409 g/mol. The molecule has 0 unspecified atom stereocenters. The lowest BCUT2D eigenvalue weighted by Crippen LogP contribution is -2.50. The summed E-state index contributed by atoms with van der Waals surface area (Å²) in [6.45, 7) is 2.16. The molecule has 0 radical (unpaired) electrons. The number of nitro groups is 1. The van der Waals surface area contributed by atoms with Gasteiger partial charge in [-0.1, -0.05) is 29.3 Å². The fourth-order valence-corrected chi connectivity index (χ4v) is 3.22. The number of benzene rings is 2. The Morgan fingerprint density at radius 3 is 2.44 bits per heavy atom. The lowest BCUT2D eigenvalue weighted by atomic mass is 10.2. The fourth-order valence-electron chi connectivity index (χ4n) is 2.87. The van der Waals surface area contributed by atoms with E-state index in [1.807, 2.05) is 24.3 Å². The van der Waals surface area contributed by atoms with Crippen molar-refractivity contribution in [1.82, 2.24) is 4.90 Å². The summed E-state index contributed by atoms with van der Waals surface area (Å²) >= 11 is 11.8. The summed E-state index contributed by atoms with van der Waals surface area (Å²) in [6.07, 6.45) is 0. The van der Waals surface area contributed by atoms with Gasteiger partial charge in [-0.15, -0.1) is 0 Å². The van der Waals surface area contributed by atoms with Crippen LogP contribution in [0.25, 0.3) is 0 Å². The summed E-state index contributed by atoms with van der Waals surface area (Å²) in [7, 11) is 0. The van der Waals surface area contributed by atoms with Gasteiger partial charge in [0.1, 0.15) is 0 Å². The summed E-state index contributed by atoms with van der Waals surface area (Å²) in [6, 6.07) is 11.7. The van der Waals surface area contributed by atoms with Gasteiger partial charge < -0.3 is 14.5 Å². The molecule has 142 valence electrons. The number of ether oxygens (including phenoxy) is 1. The van der Waals surface area contributed by atoms with Gasteiger partial charge in [0.15, 0.2) is 12.4 Å². The van der Waals surface area contributed by atoms with Crippen molar-refractivity contribution in [2.24, 2.45) is 0 Å². The minimum atomic E-state index is -0.588. The molecule has 1 heterocycles. The molecule has 1 fully saturated rings. The van der Waals surface area contributed by atoms with E-state index >= 15 is 0 Å². The summed E-state index contributed by atoms with van der Waals surface area (Å²) in [5.74, 6) is -0.194. The van der Waals surface area contributed by atoms with E-state index in [-0.39, 0.29) is 29.0 Å². The van der Waals surface area contributed by atoms with Crippen LogP contribution in [0.2, 0.25) is 10.0 Å².